The number of pyridine rings is 1. The van der Waals surface area contributed by atoms with E-state index in [2.05, 4.69) is 4.98 Å². The Morgan fingerprint density at radius 2 is 2.00 bits per heavy atom. The molecule has 6 heteroatoms. The summed E-state index contributed by atoms with van der Waals surface area (Å²) in [5, 5.41) is 0.658. The van der Waals surface area contributed by atoms with Crippen LogP contribution in [0.25, 0.3) is 10.9 Å². The van der Waals surface area contributed by atoms with Gasteiger partial charge in [0.15, 0.2) is 11.5 Å². The maximum atomic E-state index is 12.0. The molecular weight excluding hydrogens is 262 g/mol. The lowest BCUT2D eigenvalue weighted by molar-refractivity contribution is 0.0524. The van der Waals surface area contributed by atoms with Crippen LogP contribution in [0.5, 0.6) is 11.5 Å². The van der Waals surface area contributed by atoms with Gasteiger partial charge in [0.05, 0.1) is 26.3 Å². The molecule has 0 atom stereocenters. The van der Waals surface area contributed by atoms with Crippen LogP contribution in [0.2, 0.25) is 0 Å². The molecule has 0 unspecified atom stereocenters. The first kappa shape index (κ1) is 13.9. The lowest BCUT2D eigenvalue weighted by Gasteiger charge is -2.11. The van der Waals surface area contributed by atoms with Gasteiger partial charge in [-0.05, 0) is 25.1 Å². The van der Waals surface area contributed by atoms with E-state index in [4.69, 9.17) is 14.2 Å². The van der Waals surface area contributed by atoms with E-state index >= 15 is 0 Å². The smallest absolute Gasteiger partial charge is 0.343 e. The molecule has 0 amide bonds. The Morgan fingerprint density at radius 3 is 2.60 bits per heavy atom. The van der Waals surface area contributed by atoms with Crippen molar-refractivity contribution in [3.8, 4) is 11.5 Å². The molecule has 106 valence electrons. The quantitative estimate of drug-likeness (QED) is 0.861. The van der Waals surface area contributed by atoms with Gasteiger partial charge in [0.2, 0.25) is 0 Å². The minimum atomic E-state index is -0.648. The van der Waals surface area contributed by atoms with Crippen molar-refractivity contribution < 1.29 is 19.0 Å². The molecule has 1 aromatic heterocycles. The second-order valence-corrected chi connectivity index (χ2v) is 4.00. The van der Waals surface area contributed by atoms with Gasteiger partial charge in [0, 0.05) is 5.39 Å². The third-order valence-electron chi connectivity index (χ3n) is 2.86. The number of aromatic amines is 1. The fourth-order valence-electron chi connectivity index (χ4n) is 1.95. The number of methoxy groups -OCH3 is 2. The van der Waals surface area contributed by atoms with E-state index in [0.717, 1.165) is 0 Å². The summed E-state index contributed by atoms with van der Waals surface area (Å²) in [5.41, 5.74) is -0.0843. The molecule has 0 saturated carbocycles. The van der Waals surface area contributed by atoms with Crippen LogP contribution in [0.15, 0.2) is 23.0 Å². The first-order chi connectivity index (χ1) is 9.62. The number of hydrogen-bond donors (Lipinski definition) is 1. The first-order valence-electron chi connectivity index (χ1n) is 6.07. The van der Waals surface area contributed by atoms with Crippen LogP contribution >= 0.6 is 0 Å². The summed E-state index contributed by atoms with van der Waals surface area (Å²) >= 11 is 0. The molecule has 6 nitrogen and oxygen atoms in total. The lowest BCUT2D eigenvalue weighted by atomic mass is 10.1. The number of aromatic nitrogens is 1. The second kappa shape index (κ2) is 5.64. The maximum Gasteiger partial charge on any atom is 0.343 e. The Morgan fingerprint density at radius 1 is 1.25 bits per heavy atom. The highest BCUT2D eigenvalue weighted by Gasteiger charge is 2.16. The summed E-state index contributed by atoms with van der Waals surface area (Å²) in [6.45, 7) is 1.89. The number of ether oxygens (including phenoxy) is 3. The third-order valence-corrected chi connectivity index (χ3v) is 2.86. The fourth-order valence-corrected chi connectivity index (χ4v) is 1.95. The van der Waals surface area contributed by atoms with Crippen LogP contribution in [-0.2, 0) is 4.74 Å². The number of carbonyl (C=O) groups excluding carboxylic acids is 1. The standard InChI is InChI=1S/C14H15NO5/c1-4-20-14(17)9-7-8-5-6-10(18-2)12(19-3)11(8)15-13(9)16/h5-7H,4H2,1-3H3,(H,15,16). The lowest BCUT2D eigenvalue weighted by Crippen LogP contribution is -2.19. The highest BCUT2D eigenvalue weighted by molar-refractivity contribution is 5.95. The Balaban J connectivity index is 2.68. The number of H-pyrrole nitrogens is 1. The minimum Gasteiger partial charge on any atom is -0.493 e. The largest absolute Gasteiger partial charge is 0.493 e. The number of hydrogen-bond acceptors (Lipinski definition) is 5. The average molecular weight is 277 g/mol. The Hall–Kier alpha value is -2.50. The number of esters is 1. The molecule has 0 aliphatic rings. The average Bonchev–Trinajstić information content (AvgIpc) is 2.45. The van der Waals surface area contributed by atoms with Crippen molar-refractivity contribution in [1.29, 1.82) is 0 Å². The fraction of sp³-hybridized carbons (Fsp3) is 0.286. The van der Waals surface area contributed by atoms with E-state index in [1.54, 1.807) is 19.1 Å². The Bertz CT molecular complexity index is 705. The minimum absolute atomic E-state index is 0.0356. The van der Waals surface area contributed by atoms with Gasteiger partial charge in [-0.25, -0.2) is 4.79 Å². The molecule has 0 aliphatic heterocycles. The van der Waals surface area contributed by atoms with Crippen molar-refractivity contribution in [3.63, 3.8) is 0 Å². The molecule has 0 saturated heterocycles. The number of carbonyl (C=O) groups is 1. The van der Waals surface area contributed by atoms with Gasteiger partial charge >= 0.3 is 5.97 Å². The van der Waals surface area contributed by atoms with Crippen molar-refractivity contribution in [2.45, 2.75) is 6.92 Å². The SMILES string of the molecule is CCOC(=O)c1cc2ccc(OC)c(OC)c2[nH]c1=O. The molecule has 2 rings (SSSR count). The summed E-state index contributed by atoms with van der Waals surface area (Å²) < 4.78 is 15.2. The first-order valence-corrected chi connectivity index (χ1v) is 6.07. The van der Waals surface area contributed by atoms with Crippen molar-refractivity contribution in [1.82, 2.24) is 4.98 Å². The van der Waals surface area contributed by atoms with Crippen LogP contribution in [0.1, 0.15) is 17.3 Å². The number of benzene rings is 1. The summed E-state index contributed by atoms with van der Waals surface area (Å²) in [4.78, 5) is 26.3. The van der Waals surface area contributed by atoms with Gasteiger partial charge in [-0.1, -0.05) is 0 Å². The molecule has 1 N–H and O–H groups in total. The number of fused-ring (bicyclic) bond motifs is 1. The van der Waals surface area contributed by atoms with E-state index in [0.29, 0.717) is 22.4 Å². The normalized spacial score (nSPS) is 10.3. The Kier molecular flexibility index (Phi) is 3.93. The van der Waals surface area contributed by atoms with Crippen LogP contribution in [-0.4, -0.2) is 31.8 Å². The van der Waals surface area contributed by atoms with Gasteiger partial charge in [-0.2, -0.15) is 0 Å². The zero-order valence-corrected chi connectivity index (χ0v) is 11.5. The van der Waals surface area contributed by atoms with Crippen molar-refractivity contribution in [2.24, 2.45) is 0 Å². The summed E-state index contributed by atoms with van der Waals surface area (Å²) in [6.07, 6.45) is 0. The monoisotopic (exact) mass is 277 g/mol. The molecule has 0 spiro atoms. The zero-order chi connectivity index (χ0) is 14.7. The van der Waals surface area contributed by atoms with E-state index in [-0.39, 0.29) is 12.2 Å². The number of rotatable bonds is 4. The van der Waals surface area contributed by atoms with Crippen LogP contribution < -0.4 is 15.0 Å². The predicted molar refractivity (Wildman–Crippen MR) is 73.6 cm³/mol. The highest BCUT2D eigenvalue weighted by atomic mass is 16.5. The van der Waals surface area contributed by atoms with E-state index in [9.17, 15) is 9.59 Å². The van der Waals surface area contributed by atoms with E-state index in [1.165, 1.54) is 20.3 Å². The molecule has 0 fully saturated rings. The maximum absolute atomic E-state index is 12.0. The molecule has 20 heavy (non-hydrogen) atoms. The van der Waals surface area contributed by atoms with Gasteiger partial charge in [-0.15, -0.1) is 0 Å². The Labute approximate surface area is 115 Å². The molecule has 1 aromatic carbocycles. The molecular formula is C14H15NO5. The number of nitrogens with one attached hydrogen (secondary N) is 1. The summed E-state index contributed by atoms with van der Waals surface area (Å²) in [6, 6.07) is 4.91. The molecule has 1 heterocycles. The second-order valence-electron chi connectivity index (χ2n) is 4.00. The van der Waals surface area contributed by atoms with E-state index < -0.39 is 11.5 Å². The van der Waals surface area contributed by atoms with Crippen LogP contribution in [0.4, 0.5) is 0 Å². The van der Waals surface area contributed by atoms with Crippen molar-refractivity contribution in [2.75, 3.05) is 20.8 Å². The molecule has 0 bridgehead atoms. The van der Waals surface area contributed by atoms with Gasteiger partial charge in [0.1, 0.15) is 5.56 Å². The summed E-state index contributed by atoms with van der Waals surface area (Å²) in [7, 11) is 2.99. The van der Waals surface area contributed by atoms with Crippen molar-refractivity contribution in [3.05, 3.63) is 34.1 Å². The third kappa shape index (κ3) is 2.32. The zero-order valence-electron chi connectivity index (χ0n) is 11.5. The van der Waals surface area contributed by atoms with Gasteiger partial charge in [0.25, 0.3) is 5.56 Å². The molecule has 0 radical (unpaired) electrons. The summed E-state index contributed by atoms with van der Waals surface area (Å²) in [5.74, 6) is 0.266. The highest BCUT2D eigenvalue weighted by Crippen LogP contribution is 2.33. The predicted octanol–water partition coefficient (Wildman–Crippen LogP) is 1.72. The van der Waals surface area contributed by atoms with Crippen molar-refractivity contribution >= 4 is 16.9 Å². The van der Waals surface area contributed by atoms with Crippen LogP contribution in [0, 0.1) is 0 Å². The molecule has 2 aromatic rings. The van der Waals surface area contributed by atoms with Gasteiger partial charge in [-0.3, -0.25) is 4.79 Å². The van der Waals surface area contributed by atoms with Crippen LogP contribution in [0.3, 0.4) is 0 Å². The molecule has 0 aliphatic carbocycles. The van der Waals surface area contributed by atoms with Gasteiger partial charge < -0.3 is 19.2 Å². The van der Waals surface area contributed by atoms with E-state index in [1.807, 2.05) is 0 Å². The topological polar surface area (TPSA) is 77.6 Å².